The van der Waals surface area contributed by atoms with Gasteiger partial charge in [-0.1, -0.05) is 25.1 Å². The third kappa shape index (κ3) is 4.32. The molecule has 1 heterocycles. The molecule has 1 aromatic carbocycles. The second-order valence-corrected chi connectivity index (χ2v) is 6.09. The Morgan fingerprint density at radius 2 is 2.00 bits per heavy atom. The second kappa shape index (κ2) is 7.77. The van der Waals surface area contributed by atoms with Crippen LogP contribution in [0.3, 0.4) is 0 Å². The van der Waals surface area contributed by atoms with E-state index in [0.717, 1.165) is 24.3 Å². The van der Waals surface area contributed by atoms with Crippen molar-refractivity contribution in [2.24, 2.45) is 0 Å². The van der Waals surface area contributed by atoms with Crippen molar-refractivity contribution in [3.8, 4) is 0 Å². The number of fused-ring (bicyclic) bond motifs is 1. The number of hydrogen-bond donors (Lipinski definition) is 1. The summed E-state index contributed by atoms with van der Waals surface area (Å²) in [7, 11) is 2.01. The van der Waals surface area contributed by atoms with Crippen molar-refractivity contribution in [2.75, 3.05) is 20.2 Å². The molecule has 0 saturated heterocycles. The van der Waals surface area contributed by atoms with E-state index in [0.29, 0.717) is 13.2 Å². The van der Waals surface area contributed by atoms with E-state index < -0.39 is 6.10 Å². The predicted molar refractivity (Wildman–Crippen MR) is 89.0 cm³/mol. The fraction of sp³-hybridized carbons (Fsp3) is 0.556. The van der Waals surface area contributed by atoms with Gasteiger partial charge in [0, 0.05) is 30.5 Å². The van der Waals surface area contributed by atoms with Gasteiger partial charge < -0.3 is 14.3 Å². The van der Waals surface area contributed by atoms with Crippen LogP contribution in [0.5, 0.6) is 0 Å². The smallest absolute Gasteiger partial charge is 0.134 e. The van der Waals surface area contributed by atoms with Gasteiger partial charge in [0.1, 0.15) is 11.3 Å². The van der Waals surface area contributed by atoms with E-state index in [1.54, 1.807) is 0 Å². The fourth-order valence-electron chi connectivity index (χ4n) is 2.66. The number of hydrogen-bond acceptors (Lipinski definition) is 4. The zero-order valence-corrected chi connectivity index (χ0v) is 14.0. The zero-order valence-electron chi connectivity index (χ0n) is 14.0. The molecule has 0 bridgehead atoms. The Labute approximate surface area is 132 Å². The Morgan fingerprint density at radius 1 is 1.27 bits per heavy atom. The van der Waals surface area contributed by atoms with E-state index in [9.17, 15) is 5.11 Å². The first-order valence-corrected chi connectivity index (χ1v) is 7.98. The molecule has 1 aromatic heterocycles. The van der Waals surface area contributed by atoms with Crippen LogP contribution in [0.15, 0.2) is 28.7 Å². The molecule has 2 aromatic rings. The first kappa shape index (κ1) is 17.0. The first-order chi connectivity index (χ1) is 10.5. The van der Waals surface area contributed by atoms with Crippen LogP contribution in [0.2, 0.25) is 0 Å². The molecule has 1 atom stereocenters. The molecule has 0 aliphatic rings. The monoisotopic (exact) mass is 305 g/mol. The maximum Gasteiger partial charge on any atom is 0.134 e. The molecular weight excluding hydrogens is 278 g/mol. The lowest BCUT2D eigenvalue weighted by Crippen LogP contribution is -2.32. The number of ether oxygens (including phenoxy) is 1. The molecule has 0 radical (unpaired) electrons. The number of aryl methyl sites for hydroxylation is 1. The van der Waals surface area contributed by atoms with Crippen LogP contribution in [-0.2, 0) is 17.7 Å². The summed E-state index contributed by atoms with van der Waals surface area (Å²) in [6.07, 6.45) is 0.539. The number of rotatable bonds is 8. The largest absolute Gasteiger partial charge is 0.461 e. The van der Waals surface area contributed by atoms with Gasteiger partial charge in [-0.2, -0.15) is 0 Å². The van der Waals surface area contributed by atoms with E-state index >= 15 is 0 Å². The van der Waals surface area contributed by atoms with Crippen molar-refractivity contribution < 1.29 is 14.3 Å². The van der Waals surface area contributed by atoms with Gasteiger partial charge in [0.05, 0.1) is 18.8 Å². The van der Waals surface area contributed by atoms with E-state index in [1.807, 2.05) is 39.1 Å². The number of likely N-dealkylation sites (N-methyl/N-ethyl adjacent to an activating group) is 1. The quantitative estimate of drug-likeness (QED) is 0.813. The van der Waals surface area contributed by atoms with E-state index in [-0.39, 0.29) is 6.10 Å². The molecule has 1 unspecified atom stereocenters. The van der Waals surface area contributed by atoms with Crippen molar-refractivity contribution in [2.45, 2.75) is 45.9 Å². The highest BCUT2D eigenvalue weighted by Gasteiger charge is 2.16. The number of benzene rings is 1. The van der Waals surface area contributed by atoms with Crippen LogP contribution in [0.25, 0.3) is 11.0 Å². The molecule has 4 heteroatoms. The minimum Gasteiger partial charge on any atom is -0.461 e. The summed E-state index contributed by atoms with van der Waals surface area (Å²) < 4.78 is 11.4. The molecule has 0 saturated carbocycles. The zero-order chi connectivity index (χ0) is 16.1. The lowest BCUT2D eigenvalue weighted by Gasteiger charge is -2.21. The van der Waals surface area contributed by atoms with Crippen molar-refractivity contribution in [3.05, 3.63) is 35.6 Å². The Balaban J connectivity index is 2.03. The lowest BCUT2D eigenvalue weighted by molar-refractivity contribution is -0.00635. The minimum absolute atomic E-state index is 0.143. The van der Waals surface area contributed by atoms with Crippen LogP contribution in [-0.4, -0.2) is 42.4 Å². The van der Waals surface area contributed by atoms with E-state index in [2.05, 4.69) is 17.9 Å². The summed E-state index contributed by atoms with van der Waals surface area (Å²) in [6, 6.07) is 8.13. The summed E-state index contributed by atoms with van der Waals surface area (Å²) in [4.78, 5) is 2.12. The molecule has 0 fully saturated rings. The van der Waals surface area contributed by atoms with Crippen LogP contribution in [0.4, 0.5) is 0 Å². The predicted octanol–water partition coefficient (Wildman–Crippen LogP) is 3.21. The summed E-state index contributed by atoms with van der Waals surface area (Å²) >= 11 is 0. The number of aliphatic hydroxyl groups is 1. The number of nitrogens with zero attached hydrogens (tertiary/aromatic N) is 1. The Morgan fingerprint density at radius 3 is 2.68 bits per heavy atom. The van der Waals surface area contributed by atoms with Crippen LogP contribution in [0, 0.1) is 0 Å². The number of para-hydroxylation sites is 1. The average Bonchev–Trinajstić information content (AvgIpc) is 2.83. The average molecular weight is 305 g/mol. The Kier molecular flexibility index (Phi) is 6.00. The number of aliphatic hydroxyl groups excluding tert-OH is 1. The molecule has 2 rings (SSSR count). The summed E-state index contributed by atoms with van der Waals surface area (Å²) in [5.41, 5.74) is 2.16. The third-order valence-corrected chi connectivity index (χ3v) is 3.68. The maximum atomic E-state index is 10.0. The van der Waals surface area contributed by atoms with Crippen LogP contribution in [0.1, 0.15) is 32.1 Å². The molecule has 0 aliphatic carbocycles. The van der Waals surface area contributed by atoms with Gasteiger partial charge in [-0.15, -0.1) is 0 Å². The first-order valence-electron chi connectivity index (χ1n) is 7.98. The van der Waals surface area contributed by atoms with Crippen molar-refractivity contribution in [1.82, 2.24) is 4.90 Å². The van der Waals surface area contributed by atoms with E-state index in [4.69, 9.17) is 9.15 Å². The summed E-state index contributed by atoms with van der Waals surface area (Å²) in [5.74, 6) is 1.03. The normalized spacial score (nSPS) is 13.4. The molecule has 122 valence electrons. The molecule has 0 aliphatic heterocycles. The molecule has 0 amide bonds. The third-order valence-electron chi connectivity index (χ3n) is 3.68. The summed E-state index contributed by atoms with van der Waals surface area (Å²) in [6.45, 7) is 7.76. The van der Waals surface area contributed by atoms with Gasteiger partial charge >= 0.3 is 0 Å². The minimum atomic E-state index is -0.476. The Hall–Kier alpha value is -1.36. The highest BCUT2D eigenvalue weighted by Crippen LogP contribution is 2.27. The number of furan rings is 1. The van der Waals surface area contributed by atoms with Gasteiger partial charge in [0.2, 0.25) is 0 Å². The highest BCUT2D eigenvalue weighted by atomic mass is 16.5. The molecule has 4 nitrogen and oxygen atoms in total. The van der Waals surface area contributed by atoms with Crippen LogP contribution >= 0.6 is 0 Å². The summed E-state index contributed by atoms with van der Waals surface area (Å²) in [5, 5.41) is 11.2. The standard InChI is InChI=1S/C18H27NO3/c1-5-17-16(15-8-6-7-9-18(15)22-17)11-19(4)10-14(20)12-21-13(2)3/h6-9,13-14,20H,5,10-12H2,1-4H3. The van der Waals surface area contributed by atoms with E-state index in [1.165, 1.54) is 10.9 Å². The second-order valence-electron chi connectivity index (χ2n) is 6.09. The SMILES string of the molecule is CCc1oc2ccccc2c1CN(C)CC(O)COC(C)C. The highest BCUT2D eigenvalue weighted by molar-refractivity contribution is 5.82. The van der Waals surface area contributed by atoms with Gasteiger partial charge in [-0.05, 0) is 27.0 Å². The Bertz CT molecular complexity index is 591. The van der Waals surface area contributed by atoms with Gasteiger partial charge in [0.15, 0.2) is 0 Å². The van der Waals surface area contributed by atoms with Crippen molar-refractivity contribution in [3.63, 3.8) is 0 Å². The van der Waals surface area contributed by atoms with Gasteiger partial charge in [-0.25, -0.2) is 0 Å². The lowest BCUT2D eigenvalue weighted by atomic mass is 10.1. The van der Waals surface area contributed by atoms with Gasteiger partial charge in [0.25, 0.3) is 0 Å². The van der Waals surface area contributed by atoms with Gasteiger partial charge in [-0.3, -0.25) is 4.90 Å². The topological polar surface area (TPSA) is 45.8 Å². The molecule has 22 heavy (non-hydrogen) atoms. The maximum absolute atomic E-state index is 10.0. The molecule has 0 spiro atoms. The molecule has 1 N–H and O–H groups in total. The molecular formula is C18H27NO3. The van der Waals surface area contributed by atoms with Crippen molar-refractivity contribution in [1.29, 1.82) is 0 Å². The van der Waals surface area contributed by atoms with Crippen LogP contribution < -0.4 is 0 Å². The fourth-order valence-corrected chi connectivity index (χ4v) is 2.66. The van der Waals surface area contributed by atoms with Crippen molar-refractivity contribution >= 4 is 11.0 Å².